The number of carbonyl (C=O) groups is 2. The lowest BCUT2D eigenvalue weighted by molar-refractivity contribution is -0.122. The molecule has 0 aromatic carbocycles. The molecule has 1 heterocycles. The fourth-order valence-electron chi connectivity index (χ4n) is 2.53. The van der Waals surface area contributed by atoms with Gasteiger partial charge in [0.05, 0.1) is 11.9 Å². The Morgan fingerprint density at radius 2 is 2.09 bits per heavy atom. The molecular formula is C16H25N5O2. The van der Waals surface area contributed by atoms with Crippen molar-refractivity contribution >= 4 is 17.6 Å². The van der Waals surface area contributed by atoms with Crippen molar-refractivity contribution in [1.82, 2.24) is 20.4 Å². The third-order valence-corrected chi connectivity index (χ3v) is 3.69. The molecule has 0 bridgehead atoms. The van der Waals surface area contributed by atoms with Crippen molar-refractivity contribution in [1.29, 1.82) is 0 Å². The summed E-state index contributed by atoms with van der Waals surface area (Å²) in [6.45, 7) is 4.59. The van der Waals surface area contributed by atoms with Crippen LogP contribution in [0.5, 0.6) is 0 Å². The van der Waals surface area contributed by atoms with Crippen molar-refractivity contribution in [2.24, 2.45) is 0 Å². The molecule has 1 aliphatic carbocycles. The molecule has 126 valence electrons. The van der Waals surface area contributed by atoms with Crippen molar-refractivity contribution in [2.45, 2.75) is 52.1 Å². The molecule has 0 radical (unpaired) electrons. The number of amides is 3. The van der Waals surface area contributed by atoms with Crippen LogP contribution >= 0.6 is 0 Å². The van der Waals surface area contributed by atoms with E-state index in [0.29, 0.717) is 18.3 Å². The number of rotatable bonds is 6. The van der Waals surface area contributed by atoms with Crippen molar-refractivity contribution in [3.63, 3.8) is 0 Å². The second-order valence-corrected chi connectivity index (χ2v) is 6.09. The van der Waals surface area contributed by atoms with E-state index in [9.17, 15) is 9.59 Å². The number of carbonyl (C=O) groups excluding carboxylic acids is 2. The SMILES string of the molecule is CC(C)=CCNC(=O)Nc1cnn(CC(=O)NC2CCCC2)c1. The highest BCUT2D eigenvalue weighted by molar-refractivity contribution is 5.89. The van der Waals surface area contributed by atoms with E-state index in [1.54, 1.807) is 6.20 Å². The topological polar surface area (TPSA) is 88.1 Å². The molecule has 2 rings (SSSR count). The highest BCUT2D eigenvalue weighted by Gasteiger charge is 2.17. The molecule has 1 fully saturated rings. The van der Waals surface area contributed by atoms with E-state index in [0.717, 1.165) is 18.4 Å². The van der Waals surface area contributed by atoms with Gasteiger partial charge in [0.2, 0.25) is 5.91 Å². The molecule has 0 atom stereocenters. The summed E-state index contributed by atoms with van der Waals surface area (Å²) in [5.41, 5.74) is 1.71. The van der Waals surface area contributed by atoms with Gasteiger partial charge in [-0.15, -0.1) is 0 Å². The van der Waals surface area contributed by atoms with Crippen LogP contribution in [0.25, 0.3) is 0 Å². The number of nitrogens with one attached hydrogen (secondary N) is 3. The van der Waals surface area contributed by atoms with Crippen LogP contribution in [0.1, 0.15) is 39.5 Å². The fourth-order valence-corrected chi connectivity index (χ4v) is 2.53. The maximum atomic E-state index is 11.9. The number of urea groups is 1. The Labute approximate surface area is 136 Å². The molecule has 1 saturated carbocycles. The Bertz CT molecular complexity index is 569. The average Bonchev–Trinajstić information content (AvgIpc) is 3.10. The first kappa shape index (κ1) is 17.1. The van der Waals surface area contributed by atoms with Crippen LogP contribution in [-0.2, 0) is 11.3 Å². The van der Waals surface area contributed by atoms with Gasteiger partial charge in [-0.1, -0.05) is 24.5 Å². The lowest BCUT2D eigenvalue weighted by Gasteiger charge is -2.11. The Kier molecular flexibility index (Phi) is 6.19. The van der Waals surface area contributed by atoms with Crippen molar-refractivity contribution in [2.75, 3.05) is 11.9 Å². The molecule has 0 unspecified atom stereocenters. The van der Waals surface area contributed by atoms with Crippen LogP contribution in [0.4, 0.5) is 10.5 Å². The van der Waals surface area contributed by atoms with Gasteiger partial charge in [-0.2, -0.15) is 5.10 Å². The zero-order valence-corrected chi connectivity index (χ0v) is 13.8. The molecule has 1 aliphatic rings. The minimum absolute atomic E-state index is 0.0421. The Balaban J connectivity index is 1.75. The molecule has 0 spiro atoms. The van der Waals surface area contributed by atoms with Crippen molar-refractivity contribution in [3.05, 3.63) is 24.0 Å². The number of allylic oxidation sites excluding steroid dienone is 1. The second kappa shape index (κ2) is 8.36. The zero-order chi connectivity index (χ0) is 16.7. The quantitative estimate of drug-likeness (QED) is 0.701. The smallest absolute Gasteiger partial charge is 0.319 e. The summed E-state index contributed by atoms with van der Waals surface area (Å²) < 4.78 is 1.52. The Morgan fingerprint density at radius 1 is 1.35 bits per heavy atom. The van der Waals surface area contributed by atoms with Crippen LogP contribution in [-0.4, -0.2) is 34.3 Å². The lowest BCUT2D eigenvalue weighted by Crippen LogP contribution is -2.35. The van der Waals surface area contributed by atoms with Crippen LogP contribution in [0.2, 0.25) is 0 Å². The Morgan fingerprint density at radius 3 is 2.78 bits per heavy atom. The Hall–Kier alpha value is -2.31. The molecule has 1 aromatic rings. The molecule has 7 heteroatoms. The predicted molar refractivity (Wildman–Crippen MR) is 89.1 cm³/mol. The molecule has 7 nitrogen and oxygen atoms in total. The summed E-state index contributed by atoms with van der Waals surface area (Å²) in [4.78, 5) is 23.6. The van der Waals surface area contributed by atoms with Crippen molar-refractivity contribution in [3.8, 4) is 0 Å². The first-order valence-corrected chi connectivity index (χ1v) is 8.03. The monoisotopic (exact) mass is 319 g/mol. The van der Waals surface area contributed by atoms with Crippen LogP contribution in [0.3, 0.4) is 0 Å². The van der Waals surface area contributed by atoms with E-state index in [-0.39, 0.29) is 18.5 Å². The summed E-state index contributed by atoms with van der Waals surface area (Å²) in [6.07, 6.45) is 9.59. The first-order chi connectivity index (χ1) is 11.0. The first-order valence-electron chi connectivity index (χ1n) is 8.03. The van der Waals surface area contributed by atoms with E-state index in [1.807, 2.05) is 19.9 Å². The normalized spacial score (nSPS) is 14.3. The van der Waals surface area contributed by atoms with Gasteiger partial charge in [0, 0.05) is 18.8 Å². The molecular weight excluding hydrogens is 294 g/mol. The van der Waals surface area contributed by atoms with Crippen LogP contribution in [0.15, 0.2) is 24.0 Å². The summed E-state index contributed by atoms with van der Waals surface area (Å²) in [7, 11) is 0. The van der Waals surface area contributed by atoms with E-state index in [2.05, 4.69) is 21.0 Å². The van der Waals surface area contributed by atoms with Gasteiger partial charge in [0.1, 0.15) is 6.54 Å². The van der Waals surface area contributed by atoms with Gasteiger partial charge < -0.3 is 16.0 Å². The van der Waals surface area contributed by atoms with Gasteiger partial charge in [-0.25, -0.2) is 4.79 Å². The molecule has 3 amide bonds. The highest BCUT2D eigenvalue weighted by atomic mass is 16.2. The largest absolute Gasteiger partial charge is 0.352 e. The van der Waals surface area contributed by atoms with Gasteiger partial charge in [0.15, 0.2) is 0 Å². The van der Waals surface area contributed by atoms with E-state index >= 15 is 0 Å². The summed E-state index contributed by atoms with van der Waals surface area (Å²) >= 11 is 0. The standard InChI is InChI=1S/C16H25N5O2/c1-12(2)7-8-17-16(23)20-14-9-18-21(10-14)11-15(22)19-13-5-3-4-6-13/h7,9-10,13H,3-6,8,11H2,1-2H3,(H,19,22)(H2,17,20,23). The van der Waals surface area contributed by atoms with Crippen molar-refractivity contribution < 1.29 is 9.59 Å². The minimum Gasteiger partial charge on any atom is -0.352 e. The minimum atomic E-state index is -0.294. The summed E-state index contributed by atoms with van der Waals surface area (Å²) in [5, 5.41) is 12.5. The fraction of sp³-hybridized carbons (Fsp3) is 0.562. The molecule has 0 aliphatic heterocycles. The molecule has 1 aromatic heterocycles. The number of aromatic nitrogens is 2. The van der Waals surface area contributed by atoms with E-state index in [4.69, 9.17) is 0 Å². The van der Waals surface area contributed by atoms with E-state index < -0.39 is 0 Å². The third kappa shape index (κ3) is 6.14. The van der Waals surface area contributed by atoms with E-state index in [1.165, 1.54) is 23.7 Å². The zero-order valence-electron chi connectivity index (χ0n) is 13.8. The predicted octanol–water partition coefficient (Wildman–Crippen LogP) is 2.03. The number of nitrogens with zero attached hydrogens (tertiary/aromatic N) is 2. The molecule has 3 N–H and O–H groups in total. The van der Waals surface area contributed by atoms with Gasteiger partial charge in [0.25, 0.3) is 0 Å². The number of hydrogen-bond acceptors (Lipinski definition) is 3. The van der Waals surface area contributed by atoms with Crippen LogP contribution in [0, 0.1) is 0 Å². The maximum absolute atomic E-state index is 11.9. The number of anilines is 1. The average molecular weight is 319 g/mol. The maximum Gasteiger partial charge on any atom is 0.319 e. The number of hydrogen-bond donors (Lipinski definition) is 3. The summed E-state index contributed by atoms with van der Waals surface area (Å²) in [6, 6.07) is 0.00831. The van der Waals surface area contributed by atoms with Gasteiger partial charge >= 0.3 is 6.03 Å². The third-order valence-electron chi connectivity index (χ3n) is 3.69. The van der Waals surface area contributed by atoms with Gasteiger partial charge in [-0.05, 0) is 26.7 Å². The van der Waals surface area contributed by atoms with Gasteiger partial charge in [-0.3, -0.25) is 9.48 Å². The summed E-state index contributed by atoms with van der Waals surface area (Å²) in [5.74, 6) is -0.0421. The molecule has 23 heavy (non-hydrogen) atoms. The highest BCUT2D eigenvalue weighted by Crippen LogP contribution is 2.17. The lowest BCUT2D eigenvalue weighted by atomic mass is 10.2. The second-order valence-electron chi connectivity index (χ2n) is 6.09. The van der Waals surface area contributed by atoms with Crippen LogP contribution < -0.4 is 16.0 Å². The molecule has 0 saturated heterocycles.